The van der Waals surface area contributed by atoms with E-state index in [9.17, 15) is 8.42 Å². The summed E-state index contributed by atoms with van der Waals surface area (Å²) in [5.41, 5.74) is 0. The van der Waals surface area contributed by atoms with Crippen molar-refractivity contribution in [1.82, 2.24) is 4.72 Å². The molecular formula is C9H17NO3S. The molecule has 0 bridgehead atoms. The molecule has 0 aromatic carbocycles. The van der Waals surface area contributed by atoms with Crippen molar-refractivity contribution in [2.24, 2.45) is 11.8 Å². The van der Waals surface area contributed by atoms with Gasteiger partial charge < -0.3 is 0 Å². The predicted molar refractivity (Wildman–Crippen MR) is 54.9 cm³/mol. The highest BCUT2D eigenvalue weighted by atomic mass is 32.2. The van der Waals surface area contributed by atoms with Crippen LogP contribution >= 0.6 is 0 Å². The van der Waals surface area contributed by atoms with Gasteiger partial charge in [0.1, 0.15) is 0 Å². The van der Waals surface area contributed by atoms with Crippen molar-refractivity contribution in [2.45, 2.75) is 26.3 Å². The summed E-state index contributed by atoms with van der Waals surface area (Å²) in [5, 5.41) is 0. The van der Waals surface area contributed by atoms with Crippen molar-refractivity contribution in [3.05, 3.63) is 12.7 Å². The molecule has 1 heterocycles. The van der Waals surface area contributed by atoms with Crippen LogP contribution in [0.1, 0.15) is 20.3 Å². The van der Waals surface area contributed by atoms with E-state index < -0.39 is 10.3 Å². The van der Waals surface area contributed by atoms with E-state index in [0.29, 0.717) is 12.3 Å². The maximum absolute atomic E-state index is 11.1. The Labute approximate surface area is 85.6 Å². The molecule has 0 aromatic rings. The van der Waals surface area contributed by atoms with Crippen LogP contribution in [0, 0.1) is 11.8 Å². The zero-order valence-electron chi connectivity index (χ0n) is 8.56. The Kier molecular flexibility index (Phi) is 3.69. The molecule has 2 atom stereocenters. The maximum Gasteiger partial charge on any atom is 0.336 e. The minimum Gasteiger partial charge on any atom is -0.258 e. The van der Waals surface area contributed by atoms with Crippen molar-refractivity contribution in [2.75, 3.05) is 6.61 Å². The Hall–Kier alpha value is -0.390. The third-order valence-electron chi connectivity index (χ3n) is 2.51. The van der Waals surface area contributed by atoms with E-state index in [1.165, 1.54) is 0 Å². The molecule has 1 aliphatic rings. The lowest BCUT2D eigenvalue weighted by Crippen LogP contribution is -2.49. The van der Waals surface area contributed by atoms with Gasteiger partial charge in [0.25, 0.3) is 0 Å². The Morgan fingerprint density at radius 2 is 2.29 bits per heavy atom. The Morgan fingerprint density at radius 1 is 1.64 bits per heavy atom. The molecule has 0 saturated carbocycles. The van der Waals surface area contributed by atoms with Crippen molar-refractivity contribution in [3.63, 3.8) is 0 Å². The number of nitrogens with one attached hydrogen (secondary N) is 1. The highest BCUT2D eigenvalue weighted by molar-refractivity contribution is 7.84. The lowest BCUT2D eigenvalue weighted by Gasteiger charge is -2.33. The van der Waals surface area contributed by atoms with Gasteiger partial charge in [-0.3, -0.25) is 4.18 Å². The SMILES string of the molecule is C=CCC1NS(=O)(=O)OCC1C(C)C. The second kappa shape index (κ2) is 4.42. The Morgan fingerprint density at radius 3 is 2.79 bits per heavy atom. The lowest BCUT2D eigenvalue weighted by atomic mass is 9.88. The van der Waals surface area contributed by atoms with Gasteiger partial charge in [-0.2, -0.15) is 13.1 Å². The largest absolute Gasteiger partial charge is 0.336 e. The molecule has 0 aliphatic carbocycles. The summed E-state index contributed by atoms with van der Waals surface area (Å²) in [6.07, 6.45) is 2.37. The predicted octanol–water partition coefficient (Wildman–Crippen LogP) is 1.07. The quantitative estimate of drug-likeness (QED) is 0.722. The third-order valence-corrected chi connectivity index (χ3v) is 3.54. The molecule has 0 spiro atoms. The molecule has 2 unspecified atom stereocenters. The summed E-state index contributed by atoms with van der Waals surface area (Å²) < 4.78 is 29.5. The van der Waals surface area contributed by atoms with Crippen LogP contribution in [0.4, 0.5) is 0 Å². The highest BCUT2D eigenvalue weighted by Crippen LogP contribution is 2.23. The van der Waals surface area contributed by atoms with Crippen LogP contribution in [0.5, 0.6) is 0 Å². The first kappa shape index (κ1) is 11.7. The average Bonchev–Trinajstić information content (AvgIpc) is 2.02. The summed E-state index contributed by atoms with van der Waals surface area (Å²) in [7, 11) is -3.52. The minimum absolute atomic E-state index is 0.0775. The van der Waals surface area contributed by atoms with Crippen LogP contribution in [0.2, 0.25) is 0 Å². The van der Waals surface area contributed by atoms with Crippen LogP contribution < -0.4 is 4.72 Å². The molecule has 82 valence electrons. The van der Waals surface area contributed by atoms with Gasteiger partial charge in [-0.25, -0.2) is 0 Å². The first-order valence-electron chi connectivity index (χ1n) is 4.74. The topological polar surface area (TPSA) is 55.4 Å². The van der Waals surface area contributed by atoms with Crippen molar-refractivity contribution in [3.8, 4) is 0 Å². The van der Waals surface area contributed by atoms with Gasteiger partial charge >= 0.3 is 10.3 Å². The zero-order chi connectivity index (χ0) is 10.8. The van der Waals surface area contributed by atoms with E-state index in [1.54, 1.807) is 6.08 Å². The van der Waals surface area contributed by atoms with Crippen LogP contribution in [0.15, 0.2) is 12.7 Å². The van der Waals surface area contributed by atoms with Crippen molar-refractivity contribution >= 4 is 10.3 Å². The average molecular weight is 219 g/mol. The first-order valence-corrected chi connectivity index (χ1v) is 6.14. The second-order valence-electron chi connectivity index (χ2n) is 3.90. The number of rotatable bonds is 3. The van der Waals surface area contributed by atoms with Crippen molar-refractivity contribution in [1.29, 1.82) is 0 Å². The number of hydrogen-bond donors (Lipinski definition) is 1. The fraction of sp³-hybridized carbons (Fsp3) is 0.778. The molecule has 1 fully saturated rings. The molecule has 1 N–H and O–H groups in total. The smallest absolute Gasteiger partial charge is 0.258 e. The molecule has 1 saturated heterocycles. The molecule has 1 rings (SSSR count). The molecule has 1 aliphatic heterocycles. The van der Waals surface area contributed by atoms with E-state index in [2.05, 4.69) is 25.1 Å². The van der Waals surface area contributed by atoms with Gasteiger partial charge in [0.05, 0.1) is 6.61 Å². The second-order valence-corrected chi connectivity index (χ2v) is 5.27. The molecular weight excluding hydrogens is 202 g/mol. The molecule has 14 heavy (non-hydrogen) atoms. The van der Waals surface area contributed by atoms with Gasteiger partial charge in [0.2, 0.25) is 0 Å². The summed E-state index contributed by atoms with van der Waals surface area (Å²) in [4.78, 5) is 0. The summed E-state index contributed by atoms with van der Waals surface area (Å²) in [6, 6.07) is -0.0775. The third kappa shape index (κ3) is 2.80. The van der Waals surface area contributed by atoms with Gasteiger partial charge in [-0.05, 0) is 12.3 Å². The maximum atomic E-state index is 11.1. The monoisotopic (exact) mass is 219 g/mol. The molecule has 5 heteroatoms. The van der Waals surface area contributed by atoms with E-state index in [0.717, 1.165) is 0 Å². The molecule has 4 nitrogen and oxygen atoms in total. The fourth-order valence-corrected chi connectivity index (χ4v) is 2.70. The minimum atomic E-state index is -3.52. The van der Waals surface area contributed by atoms with Crippen LogP contribution in [0.25, 0.3) is 0 Å². The normalized spacial score (nSPS) is 31.6. The molecule has 0 radical (unpaired) electrons. The molecule has 0 aromatic heterocycles. The van der Waals surface area contributed by atoms with Crippen LogP contribution in [-0.2, 0) is 14.5 Å². The van der Waals surface area contributed by atoms with Crippen molar-refractivity contribution < 1.29 is 12.6 Å². The number of hydrogen-bond acceptors (Lipinski definition) is 3. The van der Waals surface area contributed by atoms with Crippen LogP contribution in [0.3, 0.4) is 0 Å². The summed E-state index contributed by atoms with van der Waals surface area (Å²) in [5.74, 6) is 0.611. The molecule has 0 amide bonds. The van der Waals surface area contributed by atoms with E-state index in [-0.39, 0.29) is 18.6 Å². The van der Waals surface area contributed by atoms with Gasteiger partial charge in [-0.1, -0.05) is 19.9 Å². The van der Waals surface area contributed by atoms with Gasteiger partial charge in [0.15, 0.2) is 0 Å². The zero-order valence-corrected chi connectivity index (χ0v) is 9.38. The van der Waals surface area contributed by atoms with E-state index in [1.807, 2.05) is 0 Å². The van der Waals surface area contributed by atoms with Gasteiger partial charge in [0, 0.05) is 12.0 Å². The first-order chi connectivity index (χ1) is 6.46. The van der Waals surface area contributed by atoms with Crippen LogP contribution in [-0.4, -0.2) is 21.1 Å². The summed E-state index contributed by atoms with van der Waals surface area (Å²) in [6.45, 7) is 8.01. The van der Waals surface area contributed by atoms with E-state index in [4.69, 9.17) is 4.18 Å². The Balaban J connectivity index is 2.75. The highest BCUT2D eigenvalue weighted by Gasteiger charge is 2.33. The fourth-order valence-electron chi connectivity index (χ4n) is 1.65. The van der Waals surface area contributed by atoms with Gasteiger partial charge in [-0.15, -0.1) is 6.58 Å². The Bertz CT molecular complexity index is 297. The van der Waals surface area contributed by atoms with E-state index >= 15 is 0 Å². The lowest BCUT2D eigenvalue weighted by molar-refractivity contribution is 0.149. The summed E-state index contributed by atoms with van der Waals surface area (Å²) >= 11 is 0. The standard InChI is InChI=1S/C9H17NO3S/c1-4-5-9-8(7(2)3)6-13-14(11,12)10-9/h4,7-10H,1,5-6H2,2-3H3.